The van der Waals surface area contributed by atoms with Gasteiger partial charge in [-0.1, -0.05) is 12.2 Å². The molecule has 2 aliphatic carbocycles. The highest BCUT2D eigenvalue weighted by molar-refractivity contribution is 5.10. The summed E-state index contributed by atoms with van der Waals surface area (Å²) < 4.78 is 5.29. The van der Waals surface area contributed by atoms with Crippen molar-refractivity contribution in [2.24, 2.45) is 11.8 Å². The summed E-state index contributed by atoms with van der Waals surface area (Å²) in [5.41, 5.74) is 0. The lowest BCUT2D eigenvalue weighted by molar-refractivity contribution is 0.0825. The van der Waals surface area contributed by atoms with Gasteiger partial charge in [-0.25, -0.2) is 0 Å². The molecule has 0 aliphatic heterocycles. The number of ether oxygens (including phenoxy) is 1. The van der Waals surface area contributed by atoms with Gasteiger partial charge in [-0.2, -0.15) is 0 Å². The second-order valence-electron chi connectivity index (χ2n) is 3.05. The van der Waals surface area contributed by atoms with E-state index in [2.05, 4.69) is 12.2 Å². The topological polar surface area (TPSA) is 9.23 Å². The standard InChI is InChI=1S/C8H12O/c1-9-8-5-6-2-3-7(8)4-6/h2-3,6-8H,4-5H2,1H3/t6-,7?,8?/m0/s1. The van der Waals surface area contributed by atoms with Gasteiger partial charge in [-0.05, 0) is 18.8 Å². The summed E-state index contributed by atoms with van der Waals surface area (Å²) in [6.45, 7) is 0. The average Bonchev–Trinajstić information content (AvgIpc) is 2.45. The van der Waals surface area contributed by atoms with Crippen LogP contribution < -0.4 is 0 Å². The molecule has 0 N–H and O–H groups in total. The Hall–Kier alpha value is -0.300. The van der Waals surface area contributed by atoms with E-state index in [-0.39, 0.29) is 0 Å². The fraction of sp³-hybridized carbons (Fsp3) is 0.750. The molecule has 2 bridgehead atoms. The third kappa shape index (κ3) is 0.715. The highest BCUT2D eigenvalue weighted by Gasteiger charge is 2.35. The molecule has 3 atom stereocenters. The molecule has 0 saturated heterocycles. The molecule has 2 aliphatic rings. The van der Waals surface area contributed by atoms with Crippen molar-refractivity contribution >= 4 is 0 Å². The van der Waals surface area contributed by atoms with Gasteiger partial charge in [0.2, 0.25) is 0 Å². The van der Waals surface area contributed by atoms with Crippen molar-refractivity contribution in [1.29, 1.82) is 0 Å². The van der Waals surface area contributed by atoms with E-state index in [0.29, 0.717) is 6.10 Å². The first kappa shape index (κ1) is 5.48. The van der Waals surface area contributed by atoms with Crippen molar-refractivity contribution in [2.45, 2.75) is 18.9 Å². The van der Waals surface area contributed by atoms with Crippen LogP contribution >= 0.6 is 0 Å². The fourth-order valence-corrected chi connectivity index (χ4v) is 2.00. The molecule has 1 saturated carbocycles. The number of hydrogen-bond donors (Lipinski definition) is 0. The van der Waals surface area contributed by atoms with Gasteiger partial charge in [0.15, 0.2) is 0 Å². The summed E-state index contributed by atoms with van der Waals surface area (Å²) in [7, 11) is 1.82. The van der Waals surface area contributed by atoms with Crippen LogP contribution in [0.1, 0.15) is 12.8 Å². The Kier molecular flexibility index (Phi) is 1.12. The van der Waals surface area contributed by atoms with E-state index in [1.807, 2.05) is 7.11 Å². The largest absolute Gasteiger partial charge is 0.381 e. The molecule has 0 spiro atoms. The minimum Gasteiger partial charge on any atom is -0.381 e. The Balaban J connectivity index is 2.10. The summed E-state index contributed by atoms with van der Waals surface area (Å²) in [5, 5.41) is 0. The Morgan fingerprint density at radius 2 is 2.22 bits per heavy atom. The monoisotopic (exact) mass is 124 g/mol. The Bertz CT molecular complexity index is 140. The normalized spacial score (nSPS) is 46.6. The minimum absolute atomic E-state index is 0.542. The van der Waals surface area contributed by atoms with Crippen LogP contribution in [0.25, 0.3) is 0 Å². The fourth-order valence-electron chi connectivity index (χ4n) is 2.00. The quantitative estimate of drug-likeness (QED) is 0.482. The second-order valence-corrected chi connectivity index (χ2v) is 3.05. The Labute approximate surface area is 55.7 Å². The van der Waals surface area contributed by atoms with Crippen molar-refractivity contribution in [3.63, 3.8) is 0 Å². The first-order valence-corrected chi connectivity index (χ1v) is 3.61. The summed E-state index contributed by atoms with van der Waals surface area (Å²) in [6, 6.07) is 0. The summed E-state index contributed by atoms with van der Waals surface area (Å²) in [4.78, 5) is 0. The van der Waals surface area contributed by atoms with E-state index < -0.39 is 0 Å². The molecular formula is C8H12O. The van der Waals surface area contributed by atoms with Crippen molar-refractivity contribution in [2.75, 3.05) is 7.11 Å². The van der Waals surface area contributed by atoms with Gasteiger partial charge in [0.25, 0.3) is 0 Å². The van der Waals surface area contributed by atoms with E-state index >= 15 is 0 Å². The molecule has 1 nitrogen and oxygen atoms in total. The average molecular weight is 124 g/mol. The number of hydrogen-bond acceptors (Lipinski definition) is 1. The van der Waals surface area contributed by atoms with Crippen molar-refractivity contribution in [1.82, 2.24) is 0 Å². The Morgan fingerprint density at radius 3 is 2.56 bits per heavy atom. The maximum absolute atomic E-state index is 5.29. The molecule has 0 aromatic carbocycles. The number of rotatable bonds is 1. The van der Waals surface area contributed by atoms with E-state index in [1.165, 1.54) is 12.8 Å². The van der Waals surface area contributed by atoms with Gasteiger partial charge in [-0.15, -0.1) is 0 Å². The molecule has 0 aromatic rings. The lowest BCUT2D eigenvalue weighted by Crippen LogP contribution is -2.15. The van der Waals surface area contributed by atoms with Crippen molar-refractivity contribution in [3.05, 3.63) is 12.2 Å². The van der Waals surface area contributed by atoms with Gasteiger partial charge in [0, 0.05) is 13.0 Å². The van der Waals surface area contributed by atoms with E-state index in [9.17, 15) is 0 Å². The molecule has 9 heavy (non-hydrogen) atoms. The van der Waals surface area contributed by atoms with Crippen LogP contribution in [0.4, 0.5) is 0 Å². The molecule has 0 heterocycles. The number of fused-ring (bicyclic) bond motifs is 2. The lowest BCUT2D eigenvalue weighted by Gasteiger charge is -2.14. The van der Waals surface area contributed by atoms with Crippen molar-refractivity contribution in [3.8, 4) is 0 Å². The zero-order chi connectivity index (χ0) is 6.27. The lowest BCUT2D eigenvalue weighted by atomic mass is 10.1. The van der Waals surface area contributed by atoms with Crippen LogP contribution in [0.5, 0.6) is 0 Å². The van der Waals surface area contributed by atoms with E-state index in [1.54, 1.807) is 0 Å². The minimum atomic E-state index is 0.542. The molecule has 0 radical (unpaired) electrons. The number of methoxy groups -OCH3 is 1. The van der Waals surface area contributed by atoms with E-state index in [0.717, 1.165) is 11.8 Å². The van der Waals surface area contributed by atoms with Gasteiger partial charge in [0.05, 0.1) is 6.10 Å². The maximum Gasteiger partial charge on any atom is 0.0639 e. The highest BCUT2D eigenvalue weighted by atomic mass is 16.5. The van der Waals surface area contributed by atoms with E-state index in [4.69, 9.17) is 4.74 Å². The summed E-state index contributed by atoms with van der Waals surface area (Å²) in [5.74, 6) is 1.60. The third-order valence-electron chi connectivity index (χ3n) is 2.52. The molecule has 2 unspecified atom stereocenters. The highest BCUT2D eigenvalue weighted by Crippen LogP contribution is 2.40. The van der Waals surface area contributed by atoms with Gasteiger partial charge in [-0.3, -0.25) is 0 Å². The molecule has 2 rings (SSSR count). The molecule has 0 amide bonds. The zero-order valence-electron chi connectivity index (χ0n) is 5.71. The van der Waals surface area contributed by atoms with Crippen LogP contribution in [-0.4, -0.2) is 13.2 Å². The van der Waals surface area contributed by atoms with Crippen LogP contribution in [-0.2, 0) is 4.74 Å². The van der Waals surface area contributed by atoms with Crippen LogP contribution in [0.2, 0.25) is 0 Å². The van der Waals surface area contributed by atoms with Gasteiger partial charge >= 0.3 is 0 Å². The molecule has 50 valence electrons. The maximum atomic E-state index is 5.29. The first-order chi connectivity index (χ1) is 4.40. The third-order valence-corrected chi connectivity index (χ3v) is 2.52. The molecule has 1 heteroatoms. The van der Waals surface area contributed by atoms with Crippen LogP contribution in [0.3, 0.4) is 0 Å². The smallest absolute Gasteiger partial charge is 0.0639 e. The first-order valence-electron chi connectivity index (χ1n) is 3.61. The summed E-state index contributed by atoms with van der Waals surface area (Å²) in [6.07, 6.45) is 7.79. The predicted molar refractivity (Wildman–Crippen MR) is 36.2 cm³/mol. The second kappa shape index (κ2) is 1.84. The van der Waals surface area contributed by atoms with Gasteiger partial charge < -0.3 is 4.74 Å². The van der Waals surface area contributed by atoms with Gasteiger partial charge in [0.1, 0.15) is 0 Å². The summed E-state index contributed by atoms with van der Waals surface area (Å²) >= 11 is 0. The van der Waals surface area contributed by atoms with Crippen LogP contribution in [0, 0.1) is 11.8 Å². The molecular weight excluding hydrogens is 112 g/mol. The molecule has 0 aromatic heterocycles. The predicted octanol–water partition coefficient (Wildman–Crippen LogP) is 1.60. The molecule has 1 fully saturated rings. The van der Waals surface area contributed by atoms with Crippen molar-refractivity contribution < 1.29 is 4.74 Å². The van der Waals surface area contributed by atoms with Crippen LogP contribution in [0.15, 0.2) is 12.2 Å². The Morgan fingerprint density at radius 1 is 1.33 bits per heavy atom. The SMILES string of the molecule is COC1C[C@H]2C=CC1C2. The zero-order valence-corrected chi connectivity index (χ0v) is 5.71. The number of allylic oxidation sites excluding steroid dienone is 1.